The molecular weight excluding hydrogens is 744 g/mol. The van der Waals surface area contributed by atoms with Crippen LogP contribution in [0.25, 0.3) is 4.85 Å². The van der Waals surface area contributed by atoms with Crippen molar-refractivity contribution in [3.8, 4) is 0 Å². The van der Waals surface area contributed by atoms with Crippen LogP contribution in [0.15, 0.2) is 48.8 Å². The van der Waals surface area contributed by atoms with E-state index in [4.69, 9.17) is 28.1 Å². The quantitative estimate of drug-likeness (QED) is 0.263. The zero-order valence-electron chi connectivity index (χ0n) is 32.4. The van der Waals surface area contributed by atoms with Crippen LogP contribution in [0, 0.1) is 12.0 Å². The van der Waals surface area contributed by atoms with E-state index in [-0.39, 0.29) is 30.2 Å². The SMILES string of the molecule is [C-]#[N+]c1ccc(N2CC3(CCN(c4cnc(N5CCC(N6CC(N(C)c7ccc8c(c7)C(=O)N(C7CCC(=O)NC7=O)C8=O)C6)CC5)cn4)CC3)C[C@@H]2C)cc1Cl. The van der Waals surface area contributed by atoms with Gasteiger partial charge in [0.05, 0.1) is 36.1 Å². The van der Waals surface area contributed by atoms with Crippen LogP contribution < -0.4 is 24.9 Å². The van der Waals surface area contributed by atoms with Gasteiger partial charge in [-0.1, -0.05) is 17.7 Å². The fourth-order valence-corrected chi connectivity index (χ4v) is 10.2. The number of hydrogen-bond acceptors (Lipinski definition) is 11. The topological polar surface area (TPSA) is 130 Å². The van der Waals surface area contributed by atoms with Crippen molar-refractivity contribution in [1.29, 1.82) is 0 Å². The van der Waals surface area contributed by atoms with Gasteiger partial charge >= 0.3 is 0 Å². The average molecular weight is 791 g/mol. The van der Waals surface area contributed by atoms with Crippen molar-refractivity contribution in [3.63, 3.8) is 0 Å². The molecule has 1 N–H and O–H groups in total. The molecular formula is C42H47ClN10O4. The Kier molecular flexibility index (Phi) is 9.56. The van der Waals surface area contributed by atoms with Gasteiger partial charge in [-0.3, -0.25) is 34.3 Å². The second kappa shape index (κ2) is 14.6. The Labute approximate surface area is 337 Å². The van der Waals surface area contributed by atoms with Crippen LogP contribution in [-0.4, -0.2) is 120 Å². The van der Waals surface area contributed by atoms with Crippen molar-refractivity contribution in [2.75, 3.05) is 72.5 Å². The summed E-state index contributed by atoms with van der Waals surface area (Å²) in [5.74, 6) is -0.0988. The highest BCUT2D eigenvalue weighted by Gasteiger charge is 2.46. The van der Waals surface area contributed by atoms with Crippen molar-refractivity contribution >= 4 is 63.9 Å². The summed E-state index contributed by atoms with van der Waals surface area (Å²) < 4.78 is 0. The van der Waals surface area contributed by atoms with Crippen molar-refractivity contribution in [2.45, 2.75) is 76.0 Å². The molecule has 7 heterocycles. The molecule has 5 fully saturated rings. The third kappa shape index (κ3) is 6.74. The van der Waals surface area contributed by atoms with E-state index in [1.54, 1.807) is 12.1 Å². The normalized spacial score (nSPS) is 24.2. The number of rotatable bonds is 7. The Hall–Kier alpha value is -5.26. The van der Waals surface area contributed by atoms with Gasteiger partial charge in [0, 0.05) is 87.8 Å². The van der Waals surface area contributed by atoms with E-state index in [2.05, 4.69) is 41.6 Å². The zero-order chi connectivity index (χ0) is 39.6. The number of halogens is 1. The Morgan fingerprint density at radius 3 is 2.23 bits per heavy atom. The number of aromatic nitrogens is 2. The molecule has 0 aliphatic carbocycles. The van der Waals surface area contributed by atoms with Gasteiger partial charge in [-0.05, 0) is 81.2 Å². The number of hydrogen-bond donors (Lipinski definition) is 1. The summed E-state index contributed by atoms with van der Waals surface area (Å²) in [4.78, 5) is 76.7. The van der Waals surface area contributed by atoms with E-state index in [0.29, 0.717) is 33.9 Å². The van der Waals surface area contributed by atoms with Crippen LogP contribution in [0.2, 0.25) is 5.02 Å². The van der Waals surface area contributed by atoms with Crippen molar-refractivity contribution in [2.24, 2.45) is 5.41 Å². The number of nitrogens with zero attached hydrogens (tertiary/aromatic N) is 9. The fourth-order valence-electron chi connectivity index (χ4n) is 10.0. The molecule has 1 aromatic heterocycles. The first-order chi connectivity index (χ1) is 27.5. The van der Waals surface area contributed by atoms with Gasteiger partial charge in [-0.25, -0.2) is 14.8 Å². The number of carbonyl (C=O) groups is 4. The van der Waals surface area contributed by atoms with E-state index in [0.717, 1.165) is 106 Å². The summed E-state index contributed by atoms with van der Waals surface area (Å²) in [7, 11) is 2.02. The minimum atomic E-state index is -0.971. The predicted octanol–water partition coefficient (Wildman–Crippen LogP) is 4.76. The summed E-state index contributed by atoms with van der Waals surface area (Å²) in [5, 5.41) is 2.77. The Morgan fingerprint density at radius 2 is 1.58 bits per heavy atom. The second-order valence-corrected chi connectivity index (χ2v) is 17.2. The van der Waals surface area contributed by atoms with Crippen molar-refractivity contribution < 1.29 is 19.2 Å². The van der Waals surface area contributed by atoms with Gasteiger partial charge in [0.1, 0.15) is 17.7 Å². The highest BCUT2D eigenvalue weighted by Crippen LogP contribution is 2.46. The molecule has 0 saturated carbocycles. The highest BCUT2D eigenvalue weighted by molar-refractivity contribution is 6.33. The molecule has 57 heavy (non-hydrogen) atoms. The van der Waals surface area contributed by atoms with E-state index < -0.39 is 23.8 Å². The third-order valence-electron chi connectivity index (χ3n) is 13.5. The first-order valence-corrected chi connectivity index (χ1v) is 20.5. The molecule has 4 amide bonds. The number of amides is 4. The number of anilines is 4. The molecule has 15 heteroatoms. The lowest BCUT2D eigenvalue weighted by atomic mass is 9.77. The molecule has 14 nitrogen and oxygen atoms in total. The largest absolute Gasteiger partial charge is 0.369 e. The van der Waals surface area contributed by atoms with Gasteiger partial charge in [-0.2, -0.15) is 0 Å². The third-order valence-corrected chi connectivity index (χ3v) is 13.8. The van der Waals surface area contributed by atoms with Gasteiger partial charge in [0.2, 0.25) is 17.5 Å². The zero-order valence-corrected chi connectivity index (χ0v) is 33.1. The molecule has 1 unspecified atom stereocenters. The average Bonchev–Trinajstić information content (AvgIpc) is 3.65. The number of carbonyl (C=O) groups excluding carboxylic acids is 4. The molecule has 0 bridgehead atoms. The molecule has 5 saturated heterocycles. The van der Waals surface area contributed by atoms with Crippen LogP contribution in [0.5, 0.6) is 0 Å². The van der Waals surface area contributed by atoms with E-state index in [1.165, 1.54) is 0 Å². The lowest BCUT2D eigenvalue weighted by Gasteiger charge is -2.50. The first-order valence-electron chi connectivity index (χ1n) is 20.1. The second-order valence-electron chi connectivity index (χ2n) is 16.8. The summed E-state index contributed by atoms with van der Waals surface area (Å²) in [5.41, 5.74) is 3.31. The summed E-state index contributed by atoms with van der Waals surface area (Å²) in [6, 6.07) is 11.3. The molecule has 2 aromatic carbocycles. The number of piperidine rings is 3. The molecule has 296 valence electrons. The van der Waals surface area contributed by atoms with E-state index in [1.807, 2.05) is 43.7 Å². The fraction of sp³-hybridized carbons (Fsp3) is 0.500. The molecule has 6 aliphatic rings. The number of benzene rings is 2. The first kappa shape index (κ1) is 37.3. The van der Waals surface area contributed by atoms with E-state index in [9.17, 15) is 19.2 Å². The van der Waals surface area contributed by atoms with Crippen LogP contribution in [0.4, 0.5) is 28.7 Å². The number of likely N-dealkylation sites (N-methyl/N-ethyl adjacent to an activating group) is 1. The van der Waals surface area contributed by atoms with E-state index >= 15 is 0 Å². The molecule has 0 radical (unpaired) electrons. The molecule has 6 aliphatic heterocycles. The lowest BCUT2D eigenvalue weighted by molar-refractivity contribution is -0.136. The number of likely N-dealkylation sites (tertiary alicyclic amines) is 1. The number of fused-ring (bicyclic) bond motifs is 1. The monoisotopic (exact) mass is 790 g/mol. The smallest absolute Gasteiger partial charge is 0.262 e. The summed E-state index contributed by atoms with van der Waals surface area (Å²) in [6.07, 6.45) is 9.55. The molecule has 3 aromatic rings. The van der Waals surface area contributed by atoms with Crippen LogP contribution in [-0.2, 0) is 9.59 Å². The van der Waals surface area contributed by atoms with Gasteiger partial charge < -0.3 is 19.6 Å². The van der Waals surface area contributed by atoms with Crippen LogP contribution >= 0.6 is 11.6 Å². The Balaban J connectivity index is 0.738. The maximum absolute atomic E-state index is 13.3. The Morgan fingerprint density at radius 1 is 0.895 bits per heavy atom. The van der Waals surface area contributed by atoms with Crippen LogP contribution in [0.1, 0.15) is 72.6 Å². The number of nitrogens with one attached hydrogen (secondary N) is 1. The molecule has 2 atom stereocenters. The van der Waals surface area contributed by atoms with Crippen LogP contribution in [0.3, 0.4) is 0 Å². The predicted molar refractivity (Wildman–Crippen MR) is 217 cm³/mol. The van der Waals surface area contributed by atoms with Crippen molar-refractivity contribution in [1.82, 2.24) is 25.1 Å². The molecule has 9 rings (SSSR count). The lowest BCUT2D eigenvalue weighted by Crippen LogP contribution is -2.63. The Bertz CT molecular complexity index is 2150. The maximum atomic E-state index is 13.3. The minimum Gasteiger partial charge on any atom is -0.369 e. The van der Waals surface area contributed by atoms with Crippen molar-refractivity contribution in [3.05, 3.63) is 76.4 Å². The highest BCUT2D eigenvalue weighted by atomic mass is 35.5. The summed E-state index contributed by atoms with van der Waals surface area (Å²) >= 11 is 6.39. The minimum absolute atomic E-state index is 0.0951. The standard InChI is InChI=1S/C42H47ClN10O4/c1-26-20-42(25-52(26)29-5-7-34(44-2)33(43)19-29)12-16-50(17-13-42)37-22-45-36(21-46-37)49-14-10-27(11-15-49)51-23-30(24-51)48(3)28-4-6-31-32(18-28)41(57)53(40(31)56)35-8-9-38(54)47-39(35)55/h4-7,18-19,21-22,26-27,30,35H,8-17,20,23-25H2,1,3H3,(H,47,54,55)/t26-,35?/m0/s1. The van der Waals surface area contributed by atoms with Gasteiger partial charge in [0.15, 0.2) is 0 Å². The van der Waals surface area contributed by atoms with Gasteiger partial charge in [-0.15, -0.1) is 0 Å². The number of imide groups is 2. The van der Waals surface area contributed by atoms with Gasteiger partial charge in [0.25, 0.3) is 11.8 Å². The summed E-state index contributed by atoms with van der Waals surface area (Å²) in [6.45, 7) is 16.2. The maximum Gasteiger partial charge on any atom is 0.262 e. The molecule has 1 spiro atoms.